The van der Waals surface area contributed by atoms with Crippen LogP contribution in [0.25, 0.3) is 11.1 Å². The molecule has 4 heteroatoms. The van der Waals surface area contributed by atoms with Crippen molar-refractivity contribution in [3.63, 3.8) is 0 Å². The normalized spacial score (nSPS) is 13.0. The number of nitrogens with two attached hydrogens (primary N) is 1. The van der Waals surface area contributed by atoms with E-state index in [0.717, 1.165) is 22.6 Å². The summed E-state index contributed by atoms with van der Waals surface area (Å²) >= 11 is 0. The fraction of sp³-hybridized carbons (Fsp3) is 0.214. The Kier molecular flexibility index (Phi) is 6.22. The van der Waals surface area contributed by atoms with E-state index in [0.29, 0.717) is 18.3 Å². The number of hydrogen-bond donors (Lipinski definition) is 1. The van der Waals surface area contributed by atoms with Crippen LogP contribution in [0.15, 0.2) is 91.3 Å². The summed E-state index contributed by atoms with van der Waals surface area (Å²) in [7, 11) is 0. The maximum Gasteiger partial charge on any atom is 0.130 e. The van der Waals surface area contributed by atoms with Crippen molar-refractivity contribution in [2.75, 3.05) is 5.73 Å². The van der Waals surface area contributed by atoms with Crippen molar-refractivity contribution in [3.05, 3.63) is 108 Å². The smallest absolute Gasteiger partial charge is 0.130 e. The molecule has 0 bridgehead atoms. The van der Waals surface area contributed by atoms with Gasteiger partial charge in [-0.3, -0.25) is 4.98 Å². The molecule has 0 aliphatic carbocycles. The Balaban J connectivity index is 1.55. The van der Waals surface area contributed by atoms with Gasteiger partial charge in [0.25, 0.3) is 0 Å². The van der Waals surface area contributed by atoms with Crippen LogP contribution in [-0.4, -0.2) is 9.97 Å². The van der Waals surface area contributed by atoms with Crippen LogP contribution in [0.5, 0.6) is 5.75 Å². The molecule has 0 aliphatic rings. The first-order chi connectivity index (χ1) is 15.5. The summed E-state index contributed by atoms with van der Waals surface area (Å²) in [4.78, 5) is 8.52. The summed E-state index contributed by atoms with van der Waals surface area (Å²) < 4.78 is 5.92. The highest BCUT2D eigenvalue weighted by Crippen LogP contribution is 2.40. The predicted octanol–water partition coefficient (Wildman–Crippen LogP) is 6.27. The molecular weight excluding hydrogens is 394 g/mol. The van der Waals surface area contributed by atoms with Gasteiger partial charge in [0.1, 0.15) is 18.2 Å². The van der Waals surface area contributed by atoms with Crippen LogP contribution in [0.1, 0.15) is 37.6 Å². The van der Waals surface area contributed by atoms with Crippen LogP contribution in [0.2, 0.25) is 0 Å². The van der Waals surface area contributed by atoms with E-state index in [2.05, 4.69) is 67.1 Å². The van der Waals surface area contributed by atoms with Crippen molar-refractivity contribution >= 4 is 5.82 Å². The van der Waals surface area contributed by atoms with Crippen molar-refractivity contribution in [1.82, 2.24) is 9.97 Å². The van der Waals surface area contributed by atoms with Gasteiger partial charge >= 0.3 is 0 Å². The third-order valence-corrected chi connectivity index (χ3v) is 6.33. The number of nitrogens with zero attached hydrogens (tertiary/aromatic N) is 2. The van der Waals surface area contributed by atoms with E-state index in [1.165, 1.54) is 11.1 Å². The molecule has 32 heavy (non-hydrogen) atoms. The zero-order valence-electron chi connectivity index (χ0n) is 18.8. The highest BCUT2D eigenvalue weighted by atomic mass is 16.5. The van der Waals surface area contributed by atoms with E-state index in [1.807, 2.05) is 48.7 Å². The maximum atomic E-state index is 5.92. The summed E-state index contributed by atoms with van der Waals surface area (Å²) in [5.41, 5.74) is 11.2. The first-order valence-electron chi connectivity index (χ1n) is 10.9. The molecule has 2 aromatic carbocycles. The van der Waals surface area contributed by atoms with Crippen molar-refractivity contribution in [3.8, 4) is 16.9 Å². The lowest BCUT2D eigenvalue weighted by molar-refractivity contribution is 0.301. The molecule has 2 N–H and O–H groups in total. The minimum atomic E-state index is -0.128. The fourth-order valence-electron chi connectivity index (χ4n) is 3.96. The second-order valence-corrected chi connectivity index (χ2v) is 8.54. The molecule has 1 atom stereocenters. The molecule has 4 nitrogen and oxygen atoms in total. The van der Waals surface area contributed by atoms with Gasteiger partial charge in [0.05, 0.1) is 5.69 Å². The number of ether oxygens (including phenoxy) is 1. The molecule has 0 saturated carbocycles. The molecule has 4 aromatic rings. The maximum absolute atomic E-state index is 5.92. The Bertz CT molecular complexity index is 1140. The minimum absolute atomic E-state index is 0.128. The van der Waals surface area contributed by atoms with Crippen LogP contribution in [-0.2, 0) is 12.0 Å². The van der Waals surface area contributed by atoms with Crippen LogP contribution in [0.4, 0.5) is 5.82 Å². The molecule has 0 aliphatic heterocycles. The Hall–Kier alpha value is -3.66. The van der Waals surface area contributed by atoms with E-state index in [-0.39, 0.29) is 5.41 Å². The van der Waals surface area contributed by atoms with Crippen LogP contribution < -0.4 is 10.5 Å². The van der Waals surface area contributed by atoms with Gasteiger partial charge in [0, 0.05) is 23.4 Å². The lowest BCUT2D eigenvalue weighted by Gasteiger charge is -2.35. The van der Waals surface area contributed by atoms with Gasteiger partial charge in [-0.1, -0.05) is 63.2 Å². The van der Waals surface area contributed by atoms with Gasteiger partial charge in [-0.25, -0.2) is 4.98 Å². The zero-order chi connectivity index (χ0) is 22.6. The first kappa shape index (κ1) is 21.6. The standard InChI is InChI=1S/C28H29N3O/c1-20(2)28(3,23-10-7-21(8-11-23)22-9-16-27(29)31-18-22)24-12-14-26(15-13-24)32-19-25-6-4-5-17-30-25/h4-18,20H,19H2,1-3H3,(H2,29,31). The molecule has 2 heterocycles. The second kappa shape index (κ2) is 9.23. The number of anilines is 1. The molecule has 0 spiro atoms. The molecular formula is C28H29N3O. The Morgan fingerprint density at radius 2 is 1.47 bits per heavy atom. The molecule has 2 aromatic heterocycles. The van der Waals surface area contributed by atoms with Crippen LogP contribution >= 0.6 is 0 Å². The third kappa shape index (κ3) is 4.50. The summed E-state index contributed by atoms with van der Waals surface area (Å²) in [5.74, 6) is 1.79. The van der Waals surface area contributed by atoms with Gasteiger partial charge in [0.15, 0.2) is 0 Å². The SMILES string of the molecule is CC(C)C(C)(c1ccc(OCc2ccccn2)cc1)c1ccc(-c2ccc(N)nc2)cc1. The number of rotatable bonds is 7. The van der Waals surface area contributed by atoms with E-state index < -0.39 is 0 Å². The highest BCUT2D eigenvalue weighted by Gasteiger charge is 2.32. The van der Waals surface area contributed by atoms with Gasteiger partial charge in [-0.2, -0.15) is 0 Å². The number of benzene rings is 2. The van der Waals surface area contributed by atoms with Gasteiger partial charge in [-0.15, -0.1) is 0 Å². The van der Waals surface area contributed by atoms with Crippen molar-refractivity contribution in [2.45, 2.75) is 32.8 Å². The Morgan fingerprint density at radius 1 is 0.812 bits per heavy atom. The monoisotopic (exact) mass is 423 g/mol. The molecule has 0 amide bonds. The topological polar surface area (TPSA) is 61.0 Å². The molecule has 0 saturated heterocycles. The second-order valence-electron chi connectivity index (χ2n) is 8.54. The molecule has 1 unspecified atom stereocenters. The summed E-state index contributed by atoms with van der Waals surface area (Å²) in [6.07, 6.45) is 3.60. The predicted molar refractivity (Wildman–Crippen MR) is 130 cm³/mol. The van der Waals surface area contributed by atoms with Gasteiger partial charge < -0.3 is 10.5 Å². The largest absolute Gasteiger partial charge is 0.487 e. The quantitative estimate of drug-likeness (QED) is 0.381. The van der Waals surface area contributed by atoms with E-state index in [1.54, 1.807) is 6.20 Å². The van der Waals surface area contributed by atoms with Crippen LogP contribution in [0.3, 0.4) is 0 Å². The lowest BCUT2D eigenvalue weighted by atomic mass is 9.68. The third-order valence-electron chi connectivity index (χ3n) is 6.33. The highest BCUT2D eigenvalue weighted by molar-refractivity contribution is 5.64. The Labute approximate surface area is 190 Å². The van der Waals surface area contributed by atoms with E-state index >= 15 is 0 Å². The van der Waals surface area contributed by atoms with E-state index in [9.17, 15) is 0 Å². The first-order valence-corrected chi connectivity index (χ1v) is 10.9. The number of nitrogen functional groups attached to an aromatic ring is 1. The van der Waals surface area contributed by atoms with Gasteiger partial charge in [-0.05, 0) is 59.0 Å². The Morgan fingerprint density at radius 3 is 2.03 bits per heavy atom. The fourth-order valence-corrected chi connectivity index (χ4v) is 3.96. The zero-order valence-corrected chi connectivity index (χ0v) is 18.8. The minimum Gasteiger partial charge on any atom is -0.487 e. The van der Waals surface area contributed by atoms with Crippen LogP contribution in [0, 0.1) is 5.92 Å². The van der Waals surface area contributed by atoms with Gasteiger partial charge in [0.2, 0.25) is 0 Å². The molecule has 4 rings (SSSR count). The van der Waals surface area contributed by atoms with Crippen molar-refractivity contribution in [1.29, 1.82) is 0 Å². The number of hydrogen-bond acceptors (Lipinski definition) is 4. The van der Waals surface area contributed by atoms with Crippen molar-refractivity contribution in [2.24, 2.45) is 5.92 Å². The van der Waals surface area contributed by atoms with E-state index in [4.69, 9.17) is 10.5 Å². The summed E-state index contributed by atoms with van der Waals surface area (Å²) in [6, 6.07) is 26.9. The molecule has 0 radical (unpaired) electrons. The molecule has 162 valence electrons. The molecule has 0 fully saturated rings. The average molecular weight is 424 g/mol. The average Bonchev–Trinajstić information content (AvgIpc) is 2.84. The number of aromatic nitrogens is 2. The summed E-state index contributed by atoms with van der Waals surface area (Å²) in [5, 5.41) is 0. The number of pyridine rings is 2. The lowest BCUT2D eigenvalue weighted by Crippen LogP contribution is -2.30. The summed E-state index contributed by atoms with van der Waals surface area (Å²) in [6.45, 7) is 7.30. The van der Waals surface area contributed by atoms with Crippen molar-refractivity contribution < 1.29 is 4.74 Å².